The fourth-order valence-corrected chi connectivity index (χ4v) is 4.12. The van der Waals surface area contributed by atoms with Crippen LogP contribution in [0.4, 0.5) is 5.69 Å². The van der Waals surface area contributed by atoms with Gasteiger partial charge >= 0.3 is 5.97 Å². The van der Waals surface area contributed by atoms with Gasteiger partial charge in [0, 0.05) is 18.3 Å². The van der Waals surface area contributed by atoms with Crippen LogP contribution in [0.5, 0.6) is 0 Å². The summed E-state index contributed by atoms with van der Waals surface area (Å²) in [6.45, 7) is 5.94. The van der Waals surface area contributed by atoms with Crippen molar-refractivity contribution in [1.82, 2.24) is 20.1 Å². The van der Waals surface area contributed by atoms with Gasteiger partial charge in [0.2, 0.25) is 5.91 Å². The lowest BCUT2D eigenvalue weighted by Crippen LogP contribution is -2.33. The maximum absolute atomic E-state index is 12.8. The van der Waals surface area contributed by atoms with Crippen LogP contribution in [0.2, 0.25) is 0 Å². The molecule has 9 nitrogen and oxygen atoms in total. The zero-order valence-corrected chi connectivity index (χ0v) is 21.2. The van der Waals surface area contributed by atoms with Crippen molar-refractivity contribution in [3.63, 3.8) is 0 Å². The summed E-state index contributed by atoms with van der Waals surface area (Å²) in [4.78, 5) is 36.8. The Morgan fingerprint density at radius 1 is 1.06 bits per heavy atom. The minimum atomic E-state index is -0.439. The number of anilines is 1. The number of hydrogen-bond donors (Lipinski definition) is 2. The van der Waals surface area contributed by atoms with Crippen LogP contribution >= 0.6 is 11.8 Å². The van der Waals surface area contributed by atoms with Gasteiger partial charge in [0.05, 0.1) is 24.5 Å². The van der Waals surface area contributed by atoms with Crippen molar-refractivity contribution in [3.8, 4) is 0 Å². The van der Waals surface area contributed by atoms with E-state index in [1.807, 2.05) is 46.0 Å². The van der Waals surface area contributed by atoms with Crippen molar-refractivity contribution >= 4 is 35.2 Å². The highest BCUT2D eigenvalue weighted by atomic mass is 32.2. The number of thioether (sulfide) groups is 1. The summed E-state index contributed by atoms with van der Waals surface area (Å²) in [7, 11) is 3.13. The molecule has 0 bridgehead atoms. The van der Waals surface area contributed by atoms with Crippen LogP contribution in [0.1, 0.15) is 52.0 Å². The Morgan fingerprint density at radius 2 is 1.77 bits per heavy atom. The molecule has 0 spiro atoms. The molecule has 0 radical (unpaired) electrons. The van der Waals surface area contributed by atoms with E-state index in [4.69, 9.17) is 0 Å². The number of carbonyl (C=O) groups excluding carboxylic acids is 3. The standard InChI is InChI=1S/C25H29N5O4S/c1-15(2)21(27-23(32)18-8-6-7-16(3)13-18)22-28-29-25(30(22)4)35-14-20(31)26-19-11-9-17(10-12-19)24(33)34-5/h6-13,15,21H,14H2,1-5H3,(H,26,31)(H,27,32)/t21-/m0/s1. The number of aryl methyl sites for hydroxylation is 1. The molecule has 0 unspecified atom stereocenters. The van der Waals surface area contributed by atoms with Crippen molar-refractivity contribution in [2.75, 3.05) is 18.2 Å². The number of hydrogen-bond acceptors (Lipinski definition) is 7. The second-order valence-electron chi connectivity index (χ2n) is 8.37. The van der Waals surface area contributed by atoms with Gasteiger partial charge in [-0.2, -0.15) is 0 Å². The molecule has 10 heteroatoms. The average Bonchev–Trinajstić information content (AvgIpc) is 3.20. The van der Waals surface area contributed by atoms with Gasteiger partial charge in [-0.05, 0) is 49.2 Å². The van der Waals surface area contributed by atoms with Gasteiger partial charge in [-0.3, -0.25) is 9.59 Å². The van der Waals surface area contributed by atoms with Crippen molar-refractivity contribution in [1.29, 1.82) is 0 Å². The number of nitrogens with one attached hydrogen (secondary N) is 2. The molecule has 1 atom stereocenters. The molecule has 0 saturated heterocycles. The number of aromatic nitrogens is 3. The van der Waals surface area contributed by atoms with Crippen LogP contribution in [-0.4, -0.2) is 45.4 Å². The van der Waals surface area contributed by atoms with Gasteiger partial charge in [0.1, 0.15) is 0 Å². The Kier molecular flexibility index (Phi) is 8.64. The predicted molar refractivity (Wildman–Crippen MR) is 134 cm³/mol. The number of methoxy groups -OCH3 is 1. The number of rotatable bonds is 9. The third-order valence-corrected chi connectivity index (χ3v) is 6.32. The lowest BCUT2D eigenvalue weighted by Gasteiger charge is -2.21. The molecule has 0 saturated carbocycles. The van der Waals surface area contributed by atoms with Crippen molar-refractivity contribution in [2.45, 2.75) is 32.0 Å². The molecule has 3 rings (SSSR count). The molecule has 184 valence electrons. The van der Waals surface area contributed by atoms with Crippen LogP contribution < -0.4 is 10.6 Å². The minimum Gasteiger partial charge on any atom is -0.465 e. The summed E-state index contributed by atoms with van der Waals surface area (Å²) >= 11 is 1.24. The Morgan fingerprint density at radius 3 is 2.40 bits per heavy atom. The van der Waals surface area contributed by atoms with E-state index < -0.39 is 5.97 Å². The number of carbonyl (C=O) groups is 3. The minimum absolute atomic E-state index is 0.0702. The zero-order valence-electron chi connectivity index (χ0n) is 20.4. The van der Waals surface area contributed by atoms with E-state index in [2.05, 4.69) is 25.6 Å². The first-order chi connectivity index (χ1) is 16.7. The van der Waals surface area contributed by atoms with E-state index in [1.54, 1.807) is 34.9 Å². The van der Waals surface area contributed by atoms with Crippen LogP contribution in [0.3, 0.4) is 0 Å². The molecular weight excluding hydrogens is 466 g/mol. The molecule has 0 fully saturated rings. The van der Waals surface area contributed by atoms with Crippen LogP contribution in [0, 0.1) is 12.8 Å². The van der Waals surface area contributed by atoms with E-state index in [0.29, 0.717) is 27.8 Å². The lowest BCUT2D eigenvalue weighted by molar-refractivity contribution is -0.113. The van der Waals surface area contributed by atoms with Crippen molar-refractivity contribution in [3.05, 3.63) is 71.0 Å². The Bertz CT molecular complexity index is 1210. The van der Waals surface area contributed by atoms with Crippen LogP contribution in [-0.2, 0) is 16.6 Å². The monoisotopic (exact) mass is 495 g/mol. The molecule has 1 aromatic heterocycles. The summed E-state index contributed by atoms with van der Waals surface area (Å²) < 4.78 is 6.47. The fraction of sp³-hybridized carbons (Fsp3) is 0.320. The molecule has 0 aliphatic rings. The first kappa shape index (κ1) is 26.0. The fourth-order valence-electron chi connectivity index (χ4n) is 3.40. The third kappa shape index (κ3) is 6.69. The molecule has 35 heavy (non-hydrogen) atoms. The molecule has 2 amide bonds. The van der Waals surface area contributed by atoms with E-state index >= 15 is 0 Å². The molecule has 0 aliphatic heterocycles. The molecule has 2 aromatic carbocycles. The van der Waals surface area contributed by atoms with Crippen LogP contribution in [0.15, 0.2) is 53.7 Å². The third-order valence-electron chi connectivity index (χ3n) is 5.30. The van der Waals surface area contributed by atoms with Gasteiger partial charge in [-0.1, -0.05) is 43.3 Å². The van der Waals surface area contributed by atoms with Gasteiger partial charge < -0.3 is 19.9 Å². The first-order valence-corrected chi connectivity index (χ1v) is 12.1. The maximum atomic E-state index is 12.8. The Labute approximate surface area is 208 Å². The summed E-state index contributed by atoms with van der Waals surface area (Å²) in [5.74, 6) is -0.0395. The maximum Gasteiger partial charge on any atom is 0.337 e. The molecular formula is C25H29N5O4S. The number of esters is 1. The predicted octanol–water partition coefficient (Wildman–Crippen LogP) is 3.77. The Hall–Kier alpha value is -3.66. The summed E-state index contributed by atoms with van der Waals surface area (Å²) in [5.41, 5.74) is 2.57. The molecule has 1 heterocycles. The highest BCUT2D eigenvalue weighted by Gasteiger charge is 2.25. The van der Waals surface area contributed by atoms with Gasteiger partial charge in [0.15, 0.2) is 11.0 Å². The number of benzene rings is 2. The topological polar surface area (TPSA) is 115 Å². The highest BCUT2D eigenvalue weighted by Crippen LogP contribution is 2.25. The second kappa shape index (κ2) is 11.7. The zero-order chi connectivity index (χ0) is 25.5. The van der Waals surface area contributed by atoms with E-state index in [1.165, 1.54) is 18.9 Å². The SMILES string of the molecule is COC(=O)c1ccc(NC(=O)CSc2nnc([C@@H](NC(=O)c3cccc(C)c3)C(C)C)n2C)cc1. The lowest BCUT2D eigenvalue weighted by atomic mass is 10.0. The average molecular weight is 496 g/mol. The van der Waals surface area contributed by atoms with E-state index in [-0.39, 0.29) is 29.5 Å². The van der Waals surface area contributed by atoms with Crippen LogP contribution in [0.25, 0.3) is 0 Å². The Balaban J connectivity index is 1.63. The highest BCUT2D eigenvalue weighted by molar-refractivity contribution is 7.99. The van der Waals surface area contributed by atoms with Gasteiger partial charge in [0.25, 0.3) is 5.91 Å². The molecule has 0 aliphatic carbocycles. The van der Waals surface area contributed by atoms with E-state index in [9.17, 15) is 14.4 Å². The normalized spacial score (nSPS) is 11.7. The van der Waals surface area contributed by atoms with Gasteiger partial charge in [-0.15, -0.1) is 10.2 Å². The van der Waals surface area contributed by atoms with E-state index in [0.717, 1.165) is 5.56 Å². The number of nitrogens with zero attached hydrogens (tertiary/aromatic N) is 3. The number of ether oxygens (including phenoxy) is 1. The van der Waals surface area contributed by atoms with Crippen molar-refractivity contribution < 1.29 is 19.1 Å². The smallest absolute Gasteiger partial charge is 0.337 e. The largest absolute Gasteiger partial charge is 0.465 e. The summed E-state index contributed by atoms with van der Waals surface area (Å²) in [5, 5.41) is 14.9. The first-order valence-electron chi connectivity index (χ1n) is 11.1. The second-order valence-corrected chi connectivity index (χ2v) is 9.31. The quantitative estimate of drug-likeness (QED) is 0.343. The van der Waals surface area contributed by atoms with Crippen molar-refractivity contribution in [2.24, 2.45) is 13.0 Å². The summed E-state index contributed by atoms with van der Waals surface area (Å²) in [6, 6.07) is 13.5. The molecule has 2 N–H and O–H groups in total. The summed E-state index contributed by atoms with van der Waals surface area (Å²) in [6.07, 6.45) is 0. The molecule has 3 aromatic rings. The number of amides is 2. The van der Waals surface area contributed by atoms with Gasteiger partial charge in [-0.25, -0.2) is 4.79 Å².